The van der Waals surface area contributed by atoms with Crippen molar-refractivity contribution in [1.29, 1.82) is 0 Å². The van der Waals surface area contributed by atoms with Gasteiger partial charge in [0.25, 0.3) is 0 Å². The standard InChI is InChI=1S/C22H27N3O2/c1-3-11-25(20-14-17-8-4-5-9-18(17)15-20)22(27)24-19-10-6-7-16(12-19)13-21(26)23-2/h4-10,12,20H,3,11,13-15H2,1-2H3,(H,23,26)(H,24,27). The number of urea groups is 1. The van der Waals surface area contributed by atoms with Crippen molar-refractivity contribution in [3.8, 4) is 0 Å². The van der Waals surface area contributed by atoms with Gasteiger partial charge in [0.1, 0.15) is 0 Å². The van der Waals surface area contributed by atoms with E-state index in [2.05, 4.69) is 41.8 Å². The first kappa shape index (κ1) is 19.0. The number of amides is 3. The largest absolute Gasteiger partial charge is 0.359 e. The van der Waals surface area contributed by atoms with Crippen molar-refractivity contribution in [3.05, 3.63) is 65.2 Å². The van der Waals surface area contributed by atoms with E-state index >= 15 is 0 Å². The number of anilines is 1. The summed E-state index contributed by atoms with van der Waals surface area (Å²) in [7, 11) is 1.62. The first-order valence-corrected chi connectivity index (χ1v) is 9.54. The second-order valence-electron chi connectivity index (χ2n) is 7.00. The molecule has 1 aliphatic carbocycles. The van der Waals surface area contributed by atoms with E-state index < -0.39 is 0 Å². The lowest BCUT2D eigenvalue weighted by molar-refractivity contribution is -0.119. The maximum atomic E-state index is 13.0. The summed E-state index contributed by atoms with van der Waals surface area (Å²) in [6, 6.07) is 16.0. The average Bonchev–Trinajstić information content (AvgIpc) is 3.09. The van der Waals surface area contributed by atoms with E-state index in [1.807, 2.05) is 29.2 Å². The molecule has 3 rings (SSSR count). The lowest BCUT2D eigenvalue weighted by Gasteiger charge is -2.29. The summed E-state index contributed by atoms with van der Waals surface area (Å²) in [6.45, 7) is 2.81. The first-order chi connectivity index (χ1) is 13.1. The molecule has 0 aliphatic heterocycles. The van der Waals surface area contributed by atoms with Crippen LogP contribution in [0.1, 0.15) is 30.0 Å². The van der Waals surface area contributed by atoms with Crippen molar-refractivity contribution in [3.63, 3.8) is 0 Å². The second-order valence-corrected chi connectivity index (χ2v) is 7.00. The topological polar surface area (TPSA) is 61.4 Å². The normalized spacial score (nSPS) is 13.1. The fraction of sp³-hybridized carbons (Fsp3) is 0.364. The first-order valence-electron chi connectivity index (χ1n) is 9.54. The molecule has 3 amide bonds. The summed E-state index contributed by atoms with van der Waals surface area (Å²) >= 11 is 0. The van der Waals surface area contributed by atoms with E-state index in [-0.39, 0.29) is 18.0 Å². The number of likely N-dealkylation sites (N-methyl/N-ethyl adjacent to an activating group) is 1. The van der Waals surface area contributed by atoms with Gasteiger partial charge in [0.2, 0.25) is 5.91 Å². The summed E-state index contributed by atoms with van der Waals surface area (Å²) < 4.78 is 0. The minimum Gasteiger partial charge on any atom is -0.359 e. The van der Waals surface area contributed by atoms with Gasteiger partial charge in [-0.25, -0.2) is 4.79 Å². The fourth-order valence-electron chi connectivity index (χ4n) is 3.67. The van der Waals surface area contributed by atoms with E-state index in [9.17, 15) is 9.59 Å². The number of benzene rings is 2. The Hall–Kier alpha value is -2.82. The fourth-order valence-corrected chi connectivity index (χ4v) is 3.67. The Morgan fingerprint density at radius 2 is 1.78 bits per heavy atom. The Morgan fingerprint density at radius 1 is 1.07 bits per heavy atom. The van der Waals surface area contributed by atoms with Crippen LogP contribution in [0.15, 0.2) is 48.5 Å². The van der Waals surface area contributed by atoms with Crippen LogP contribution in [0.3, 0.4) is 0 Å². The van der Waals surface area contributed by atoms with Gasteiger partial charge in [0, 0.05) is 25.3 Å². The molecule has 0 aromatic heterocycles. The SMILES string of the molecule is CCCN(C(=O)Nc1cccc(CC(=O)NC)c1)C1Cc2ccccc2C1. The predicted octanol–water partition coefficient (Wildman–Crippen LogP) is 3.39. The molecule has 0 heterocycles. The number of nitrogens with one attached hydrogen (secondary N) is 2. The lowest BCUT2D eigenvalue weighted by Crippen LogP contribution is -2.44. The summed E-state index contributed by atoms with van der Waals surface area (Å²) in [5, 5.41) is 5.64. The molecule has 2 N–H and O–H groups in total. The van der Waals surface area contributed by atoms with Crippen molar-refractivity contribution in [2.24, 2.45) is 0 Å². The van der Waals surface area contributed by atoms with Crippen molar-refractivity contribution < 1.29 is 9.59 Å². The molecule has 2 aromatic rings. The number of rotatable bonds is 6. The third-order valence-corrected chi connectivity index (χ3v) is 5.02. The van der Waals surface area contributed by atoms with E-state index in [0.717, 1.165) is 37.1 Å². The molecule has 2 aromatic carbocycles. The van der Waals surface area contributed by atoms with Crippen LogP contribution in [0, 0.1) is 0 Å². The Labute approximate surface area is 160 Å². The Morgan fingerprint density at radius 3 is 2.41 bits per heavy atom. The molecular weight excluding hydrogens is 338 g/mol. The van der Waals surface area contributed by atoms with Crippen molar-refractivity contribution in [2.45, 2.75) is 38.6 Å². The van der Waals surface area contributed by atoms with Gasteiger partial charge < -0.3 is 15.5 Å². The zero-order chi connectivity index (χ0) is 19.2. The van der Waals surface area contributed by atoms with Crippen LogP contribution < -0.4 is 10.6 Å². The van der Waals surface area contributed by atoms with Crippen LogP contribution in [0.5, 0.6) is 0 Å². The van der Waals surface area contributed by atoms with Gasteiger partial charge in [0.15, 0.2) is 0 Å². The van der Waals surface area contributed by atoms with E-state index in [4.69, 9.17) is 0 Å². The molecule has 0 unspecified atom stereocenters. The number of carbonyl (C=O) groups excluding carboxylic acids is 2. The molecule has 27 heavy (non-hydrogen) atoms. The van der Waals surface area contributed by atoms with Crippen molar-refractivity contribution in [2.75, 3.05) is 18.9 Å². The molecular formula is C22H27N3O2. The van der Waals surface area contributed by atoms with Crippen molar-refractivity contribution >= 4 is 17.6 Å². The van der Waals surface area contributed by atoms with Crippen LogP contribution in [-0.4, -0.2) is 36.5 Å². The van der Waals surface area contributed by atoms with Gasteiger partial charge >= 0.3 is 6.03 Å². The molecule has 5 heteroatoms. The lowest BCUT2D eigenvalue weighted by atomic mass is 10.1. The Bertz CT molecular complexity index is 794. The number of nitrogens with zero attached hydrogens (tertiary/aromatic N) is 1. The number of hydrogen-bond donors (Lipinski definition) is 2. The van der Waals surface area contributed by atoms with Crippen LogP contribution in [0.2, 0.25) is 0 Å². The predicted molar refractivity (Wildman–Crippen MR) is 108 cm³/mol. The average molecular weight is 365 g/mol. The Kier molecular flexibility index (Phi) is 6.12. The molecule has 0 saturated heterocycles. The highest BCUT2D eigenvalue weighted by Gasteiger charge is 2.29. The Balaban J connectivity index is 1.69. The molecule has 142 valence electrons. The smallest absolute Gasteiger partial charge is 0.322 e. The van der Waals surface area contributed by atoms with Crippen LogP contribution in [0.25, 0.3) is 0 Å². The number of hydrogen-bond acceptors (Lipinski definition) is 2. The second kappa shape index (κ2) is 8.71. The summed E-state index contributed by atoms with van der Waals surface area (Å²) in [4.78, 5) is 26.5. The van der Waals surface area contributed by atoms with Crippen LogP contribution in [-0.2, 0) is 24.1 Å². The zero-order valence-corrected chi connectivity index (χ0v) is 16.0. The highest BCUT2D eigenvalue weighted by Crippen LogP contribution is 2.26. The third-order valence-electron chi connectivity index (χ3n) is 5.02. The maximum Gasteiger partial charge on any atom is 0.322 e. The quantitative estimate of drug-likeness (QED) is 0.824. The van der Waals surface area contributed by atoms with Crippen LogP contribution in [0.4, 0.5) is 10.5 Å². The third kappa shape index (κ3) is 4.67. The van der Waals surface area contributed by atoms with Gasteiger partial charge in [-0.2, -0.15) is 0 Å². The molecule has 0 fully saturated rings. The summed E-state index contributed by atoms with van der Waals surface area (Å²) in [5.41, 5.74) is 4.27. The molecule has 0 spiro atoms. The van der Waals surface area contributed by atoms with E-state index in [1.165, 1.54) is 11.1 Å². The van der Waals surface area contributed by atoms with E-state index in [1.54, 1.807) is 7.05 Å². The molecule has 0 radical (unpaired) electrons. The molecule has 0 atom stereocenters. The number of carbonyl (C=O) groups is 2. The minimum atomic E-state index is -0.0771. The van der Waals surface area contributed by atoms with Gasteiger partial charge in [-0.05, 0) is 48.1 Å². The highest BCUT2D eigenvalue weighted by atomic mass is 16.2. The molecule has 0 bridgehead atoms. The monoisotopic (exact) mass is 365 g/mol. The molecule has 1 aliphatic rings. The van der Waals surface area contributed by atoms with Gasteiger partial charge in [0.05, 0.1) is 6.42 Å². The van der Waals surface area contributed by atoms with Gasteiger partial charge in [-0.15, -0.1) is 0 Å². The summed E-state index contributed by atoms with van der Waals surface area (Å²) in [6.07, 6.45) is 3.02. The molecule has 5 nitrogen and oxygen atoms in total. The number of fused-ring (bicyclic) bond motifs is 1. The maximum absolute atomic E-state index is 13.0. The van der Waals surface area contributed by atoms with Gasteiger partial charge in [-0.1, -0.05) is 43.3 Å². The highest BCUT2D eigenvalue weighted by molar-refractivity contribution is 5.90. The van der Waals surface area contributed by atoms with Crippen molar-refractivity contribution in [1.82, 2.24) is 10.2 Å². The van der Waals surface area contributed by atoms with Gasteiger partial charge in [-0.3, -0.25) is 4.79 Å². The minimum absolute atomic E-state index is 0.0465. The van der Waals surface area contributed by atoms with Crippen LogP contribution >= 0.6 is 0 Å². The molecule has 0 saturated carbocycles. The van der Waals surface area contributed by atoms with E-state index in [0.29, 0.717) is 6.42 Å². The zero-order valence-electron chi connectivity index (χ0n) is 16.0. The summed E-state index contributed by atoms with van der Waals surface area (Å²) in [5.74, 6) is -0.0465.